The first kappa shape index (κ1) is 16.5. The van der Waals surface area contributed by atoms with E-state index in [1.807, 2.05) is 6.92 Å². The number of benzene rings is 2. The molecule has 0 radical (unpaired) electrons. The van der Waals surface area contributed by atoms with Gasteiger partial charge in [0.25, 0.3) is 5.91 Å². The van der Waals surface area contributed by atoms with Gasteiger partial charge in [0.2, 0.25) is 5.91 Å². The van der Waals surface area contributed by atoms with Gasteiger partial charge in [-0.25, -0.2) is 4.39 Å². The fourth-order valence-corrected chi connectivity index (χ4v) is 1.99. The minimum atomic E-state index is -0.370. The monoisotopic (exact) mass is 315 g/mol. The van der Waals surface area contributed by atoms with E-state index < -0.39 is 0 Å². The maximum absolute atomic E-state index is 13.0. The van der Waals surface area contributed by atoms with E-state index in [4.69, 9.17) is 0 Å². The summed E-state index contributed by atoms with van der Waals surface area (Å²) in [4.78, 5) is 23.7. The third kappa shape index (κ3) is 5.10. The summed E-state index contributed by atoms with van der Waals surface area (Å²) in [6.45, 7) is 2.36. The zero-order chi connectivity index (χ0) is 16.7. The molecule has 3 N–H and O–H groups in total. The van der Waals surface area contributed by atoms with Gasteiger partial charge in [-0.15, -0.1) is 0 Å². The standard InChI is InChI=1S/C17H18FN3O2/c1-2-19-17(23)12-5-3-8-15(9-12)21-16(22)11-20-14-7-4-6-13(18)10-14/h3-10,20H,2,11H2,1H3,(H,19,23)(H,21,22). The molecule has 2 aromatic rings. The second-order valence-corrected chi connectivity index (χ2v) is 4.85. The molecule has 2 aromatic carbocycles. The Bertz CT molecular complexity index is 704. The quantitative estimate of drug-likeness (QED) is 0.767. The van der Waals surface area contributed by atoms with E-state index in [2.05, 4.69) is 16.0 Å². The van der Waals surface area contributed by atoms with Crippen LogP contribution < -0.4 is 16.0 Å². The Morgan fingerprint density at radius 2 is 1.78 bits per heavy atom. The lowest BCUT2D eigenvalue weighted by Gasteiger charge is -2.09. The van der Waals surface area contributed by atoms with E-state index in [0.717, 1.165) is 0 Å². The average Bonchev–Trinajstić information content (AvgIpc) is 2.53. The van der Waals surface area contributed by atoms with Crippen LogP contribution in [0.4, 0.5) is 15.8 Å². The van der Waals surface area contributed by atoms with Crippen LogP contribution in [0.1, 0.15) is 17.3 Å². The SMILES string of the molecule is CCNC(=O)c1cccc(NC(=O)CNc2cccc(F)c2)c1. The molecule has 120 valence electrons. The maximum Gasteiger partial charge on any atom is 0.251 e. The van der Waals surface area contributed by atoms with Crippen molar-refractivity contribution in [2.24, 2.45) is 0 Å². The molecule has 0 aromatic heterocycles. The molecule has 0 unspecified atom stereocenters. The van der Waals surface area contributed by atoms with Crippen LogP contribution in [0.15, 0.2) is 48.5 Å². The lowest BCUT2D eigenvalue weighted by atomic mass is 10.2. The summed E-state index contributed by atoms with van der Waals surface area (Å²) < 4.78 is 13.0. The summed E-state index contributed by atoms with van der Waals surface area (Å²) in [7, 11) is 0. The van der Waals surface area contributed by atoms with Gasteiger partial charge in [-0.1, -0.05) is 12.1 Å². The van der Waals surface area contributed by atoms with E-state index in [0.29, 0.717) is 23.5 Å². The van der Waals surface area contributed by atoms with Crippen LogP contribution in [0.5, 0.6) is 0 Å². The lowest BCUT2D eigenvalue weighted by molar-refractivity contribution is -0.114. The van der Waals surface area contributed by atoms with Gasteiger partial charge in [0.1, 0.15) is 5.82 Å². The molecule has 0 spiro atoms. The van der Waals surface area contributed by atoms with Gasteiger partial charge in [0.05, 0.1) is 6.54 Å². The van der Waals surface area contributed by atoms with E-state index >= 15 is 0 Å². The zero-order valence-electron chi connectivity index (χ0n) is 12.7. The summed E-state index contributed by atoms with van der Waals surface area (Å²) in [6.07, 6.45) is 0. The highest BCUT2D eigenvalue weighted by Gasteiger charge is 2.07. The predicted molar refractivity (Wildman–Crippen MR) is 88.0 cm³/mol. The summed E-state index contributed by atoms with van der Waals surface area (Å²) in [5.41, 5.74) is 1.53. The molecule has 5 nitrogen and oxygen atoms in total. The second kappa shape index (κ2) is 7.93. The molecule has 0 saturated heterocycles. The van der Waals surface area contributed by atoms with Crippen LogP contribution in [-0.4, -0.2) is 24.9 Å². The van der Waals surface area contributed by atoms with Crippen molar-refractivity contribution in [3.05, 3.63) is 59.9 Å². The molecule has 6 heteroatoms. The number of amides is 2. The summed E-state index contributed by atoms with van der Waals surface area (Å²) in [5, 5.41) is 8.22. The van der Waals surface area contributed by atoms with Crippen molar-refractivity contribution in [3.63, 3.8) is 0 Å². The summed E-state index contributed by atoms with van der Waals surface area (Å²) in [5.74, 6) is -0.853. The van der Waals surface area contributed by atoms with Gasteiger partial charge >= 0.3 is 0 Å². The summed E-state index contributed by atoms with van der Waals surface area (Å²) >= 11 is 0. The molecular formula is C17H18FN3O2. The van der Waals surface area contributed by atoms with E-state index in [1.54, 1.807) is 36.4 Å². The summed E-state index contributed by atoms with van der Waals surface area (Å²) in [6, 6.07) is 12.5. The first-order valence-electron chi connectivity index (χ1n) is 7.26. The number of anilines is 2. The average molecular weight is 315 g/mol. The third-order valence-corrected chi connectivity index (χ3v) is 3.02. The molecule has 0 aliphatic heterocycles. The number of carbonyl (C=O) groups is 2. The van der Waals surface area contributed by atoms with Gasteiger partial charge in [-0.3, -0.25) is 9.59 Å². The van der Waals surface area contributed by atoms with Crippen molar-refractivity contribution in [3.8, 4) is 0 Å². The van der Waals surface area contributed by atoms with Crippen LogP contribution >= 0.6 is 0 Å². The van der Waals surface area contributed by atoms with Gasteiger partial charge in [0.15, 0.2) is 0 Å². The normalized spacial score (nSPS) is 10.0. The Labute approximate surface area is 133 Å². The highest BCUT2D eigenvalue weighted by atomic mass is 19.1. The molecule has 23 heavy (non-hydrogen) atoms. The van der Waals surface area contributed by atoms with Crippen molar-refractivity contribution >= 4 is 23.2 Å². The number of hydrogen-bond donors (Lipinski definition) is 3. The Hall–Kier alpha value is -2.89. The fourth-order valence-electron chi connectivity index (χ4n) is 1.99. The number of hydrogen-bond acceptors (Lipinski definition) is 3. The highest BCUT2D eigenvalue weighted by molar-refractivity contribution is 5.98. The van der Waals surface area contributed by atoms with Gasteiger partial charge < -0.3 is 16.0 Å². The highest BCUT2D eigenvalue weighted by Crippen LogP contribution is 2.11. The van der Waals surface area contributed by atoms with E-state index in [9.17, 15) is 14.0 Å². The Balaban J connectivity index is 1.92. The number of halogens is 1. The molecule has 0 heterocycles. The minimum absolute atomic E-state index is 0.00512. The molecule has 0 aliphatic carbocycles. The van der Waals surface area contributed by atoms with Gasteiger partial charge in [-0.05, 0) is 43.3 Å². The first-order valence-corrected chi connectivity index (χ1v) is 7.26. The van der Waals surface area contributed by atoms with Crippen molar-refractivity contribution in [2.75, 3.05) is 23.7 Å². The maximum atomic E-state index is 13.0. The fraction of sp³-hybridized carbons (Fsp3) is 0.176. The van der Waals surface area contributed by atoms with Crippen LogP contribution in [0, 0.1) is 5.82 Å². The van der Waals surface area contributed by atoms with Crippen LogP contribution in [0.3, 0.4) is 0 Å². The largest absolute Gasteiger partial charge is 0.376 e. The number of carbonyl (C=O) groups excluding carboxylic acids is 2. The zero-order valence-corrected chi connectivity index (χ0v) is 12.7. The second-order valence-electron chi connectivity index (χ2n) is 4.85. The molecule has 2 rings (SSSR count). The Morgan fingerprint density at radius 1 is 1.04 bits per heavy atom. The Kier molecular flexibility index (Phi) is 5.68. The molecule has 0 aliphatic rings. The molecule has 0 saturated carbocycles. The van der Waals surface area contributed by atoms with Crippen molar-refractivity contribution in [2.45, 2.75) is 6.92 Å². The first-order chi connectivity index (χ1) is 11.1. The van der Waals surface area contributed by atoms with E-state index in [1.165, 1.54) is 12.1 Å². The molecule has 0 fully saturated rings. The van der Waals surface area contributed by atoms with Gasteiger partial charge in [0, 0.05) is 23.5 Å². The van der Waals surface area contributed by atoms with Gasteiger partial charge in [-0.2, -0.15) is 0 Å². The molecular weight excluding hydrogens is 297 g/mol. The predicted octanol–water partition coefficient (Wildman–Crippen LogP) is 2.63. The minimum Gasteiger partial charge on any atom is -0.376 e. The van der Waals surface area contributed by atoms with Crippen molar-refractivity contribution < 1.29 is 14.0 Å². The Morgan fingerprint density at radius 3 is 2.52 bits per heavy atom. The van der Waals surface area contributed by atoms with Crippen LogP contribution in [0.25, 0.3) is 0 Å². The third-order valence-electron chi connectivity index (χ3n) is 3.02. The number of rotatable bonds is 6. The molecule has 0 atom stereocenters. The van der Waals surface area contributed by atoms with Crippen LogP contribution in [0.2, 0.25) is 0 Å². The van der Waals surface area contributed by atoms with Crippen molar-refractivity contribution in [1.82, 2.24) is 5.32 Å². The number of nitrogens with one attached hydrogen (secondary N) is 3. The molecule has 0 bridgehead atoms. The lowest BCUT2D eigenvalue weighted by Crippen LogP contribution is -2.24. The topological polar surface area (TPSA) is 70.2 Å². The smallest absolute Gasteiger partial charge is 0.251 e. The van der Waals surface area contributed by atoms with Crippen molar-refractivity contribution in [1.29, 1.82) is 0 Å². The van der Waals surface area contributed by atoms with Crippen LogP contribution in [-0.2, 0) is 4.79 Å². The van der Waals surface area contributed by atoms with E-state index in [-0.39, 0.29) is 24.2 Å². The molecule has 2 amide bonds.